The fourth-order valence-electron chi connectivity index (χ4n) is 3.26. The zero-order valence-corrected chi connectivity index (χ0v) is 13.6. The molecule has 0 saturated carbocycles. The molecular weight excluding hydrogens is 260 g/mol. The molecule has 2 rings (SSSR count). The molecule has 1 amide bonds. The first-order chi connectivity index (χ1) is 10.0. The number of benzene rings is 1. The highest BCUT2D eigenvalue weighted by Gasteiger charge is 2.17. The highest BCUT2D eigenvalue weighted by Crippen LogP contribution is 2.14. The third-order valence-electron chi connectivity index (χ3n) is 4.23. The summed E-state index contributed by atoms with van der Waals surface area (Å²) in [5.74, 6) is 0.802. The largest absolute Gasteiger partial charge is 0.356 e. The van der Waals surface area contributed by atoms with Gasteiger partial charge in [0.25, 0.3) is 0 Å². The number of nitrogens with one attached hydrogen (secondary N) is 1. The second kappa shape index (κ2) is 7.60. The molecule has 1 N–H and O–H groups in total. The second-order valence-corrected chi connectivity index (χ2v) is 6.57. The van der Waals surface area contributed by atoms with Crippen molar-refractivity contribution in [1.82, 2.24) is 10.2 Å². The molecule has 0 spiro atoms. The van der Waals surface area contributed by atoms with Crippen molar-refractivity contribution in [2.45, 2.75) is 39.5 Å². The molecule has 21 heavy (non-hydrogen) atoms. The summed E-state index contributed by atoms with van der Waals surface area (Å²) in [6.45, 7) is 7.34. The van der Waals surface area contributed by atoms with E-state index in [9.17, 15) is 4.79 Å². The van der Waals surface area contributed by atoms with Gasteiger partial charge >= 0.3 is 0 Å². The van der Waals surface area contributed by atoms with Crippen molar-refractivity contribution in [1.29, 1.82) is 0 Å². The molecule has 0 aliphatic carbocycles. The van der Waals surface area contributed by atoms with Crippen molar-refractivity contribution in [3.63, 3.8) is 0 Å². The summed E-state index contributed by atoms with van der Waals surface area (Å²) in [5.41, 5.74) is 3.81. The number of hydrogen-bond donors (Lipinski definition) is 1. The number of rotatable bonds is 5. The molecule has 0 aromatic heterocycles. The SMILES string of the molecule is Cc1cc(C)cc(CCC(=O)NC[C@@H]2CCCN(C)C2)c1. The first-order valence-electron chi connectivity index (χ1n) is 8.05. The van der Waals surface area contributed by atoms with Crippen molar-refractivity contribution in [2.75, 3.05) is 26.7 Å². The molecule has 0 unspecified atom stereocenters. The van der Waals surface area contributed by atoms with Gasteiger partial charge in [0.1, 0.15) is 0 Å². The normalized spacial score (nSPS) is 19.5. The Morgan fingerprint density at radius 3 is 2.67 bits per heavy atom. The maximum absolute atomic E-state index is 12.0. The van der Waals surface area contributed by atoms with E-state index in [1.165, 1.54) is 36.1 Å². The van der Waals surface area contributed by atoms with Crippen LogP contribution in [0.15, 0.2) is 18.2 Å². The quantitative estimate of drug-likeness (QED) is 0.903. The van der Waals surface area contributed by atoms with E-state index in [1.54, 1.807) is 0 Å². The lowest BCUT2D eigenvalue weighted by atomic mass is 9.98. The van der Waals surface area contributed by atoms with Crippen molar-refractivity contribution >= 4 is 5.91 Å². The van der Waals surface area contributed by atoms with Crippen LogP contribution >= 0.6 is 0 Å². The maximum atomic E-state index is 12.0. The Bertz CT molecular complexity index is 464. The van der Waals surface area contributed by atoms with Crippen LogP contribution in [0.5, 0.6) is 0 Å². The molecule has 0 bridgehead atoms. The molecule has 1 heterocycles. The number of aryl methyl sites for hydroxylation is 3. The third-order valence-corrected chi connectivity index (χ3v) is 4.23. The van der Waals surface area contributed by atoms with E-state index in [0.717, 1.165) is 19.5 Å². The lowest BCUT2D eigenvalue weighted by Gasteiger charge is -2.29. The van der Waals surface area contributed by atoms with Gasteiger partial charge in [-0.1, -0.05) is 29.3 Å². The Morgan fingerprint density at radius 1 is 1.29 bits per heavy atom. The maximum Gasteiger partial charge on any atom is 0.220 e. The monoisotopic (exact) mass is 288 g/mol. The predicted molar refractivity (Wildman–Crippen MR) is 87.5 cm³/mol. The number of carbonyl (C=O) groups is 1. The molecule has 1 aliphatic heterocycles. The van der Waals surface area contributed by atoms with E-state index < -0.39 is 0 Å². The average Bonchev–Trinajstić information content (AvgIpc) is 2.42. The Morgan fingerprint density at radius 2 is 2.00 bits per heavy atom. The van der Waals surface area contributed by atoms with E-state index in [2.05, 4.69) is 49.3 Å². The van der Waals surface area contributed by atoms with E-state index in [1.807, 2.05) is 0 Å². The number of nitrogens with zero attached hydrogens (tertiary/aromatic N) is 1. The van der Waals surface area contributed by atoms with E-state index >= 15 is 0 Å². The number of hydrogen-bond acceptors (Lipinski definition) is 2. The van der Waals surface area contributed by atoms with Gasteiger partial charge in [0, 0.05) is 19.5 Å². The highest BCUT2D eigenvalue weighted by molar-refractivity contribution is 5.76. The van der Waals surface area contributed by atoms with Crippen LogP contribution in [0.4, 0.5) is 0 Å². The average molecular weight is 288 g/mol. The lowest BCUT2D eigenvalue weighted by Crippen LogP contribution is -2.39. The summed E-state index contributed by atoms with van der Waals surface area (Å²) in [5, 5.41) is 3.11. The molecule has 1 fully saturated rings. The summed E-state index contributed by atoms with van der Waals surface area (Å²) in [4.78, 5) is 14.3. The summed E-state index contributed by atoms with van der Waals surface area (Å²) in [6.07, 6.45) is 3.91. The van der Waals surface area contributed by atoms with Gasteiger partial charge in [-0.25, -0.2) is 0 Å². The molecule has 1 aromatic carbocycles. The predicted octanol–water partition coefficient (Wildman–Crippen LogP) is 2.69. The smallest absolute Gasteiger partial charge is 0.220 e. The highest BCUT2D eigenvalue weighted by atomic mass is 16.1. The minimum atomic E-state index is 0.183. The van der Waals surface area contributed by atoms with Crippen LogP contribution in [0.25, 0.3) is 0 Å². The van der Waals surface area contributed by atoms with E-state index in [-0.39, 0.29) is 5.91 Å². The Labute approximate surface area is 128 Å². The van der Waals surface area contributed by atoms with Crippen molar-refractivity contribution in [3.8, 4) is 0 Å². The Balaban J connectivity index is 1.72. The lowest BCUT2D eigenvalue weighted by molar-refractivity contribution is -0.121. The topological polar surface area (TPSA) is 32.3 Å². The summed E-state index contributed by atoms with van der Waals surface area (Å²) in [6, 6.07) is 6.52. The minimum absolute atomic E-state index is 0.183. The first-order valence-corrected chi connectivity index (χ1v) is 8.05. The van der Waals surface area contributed by atoms with E-state index in [0.29, 0.717) is 12.3 Å². The molecule has 3 nitrogen and oxygen atoms in total. The van der Waals surface area contributed by atoms with Crippen LogP contribution in [0.1, 0.15) is 36.0 Å². The summed E-state index contributed by atoms with van der Waals surface area (Å²) < 4.78 is 0. The molecule has 0 radical (unpaired) electrons. The second-order valence-electron chi connectivity index (χ2n) is 6.57. The van der Waals surface area contributed by atoms with Gasteiger partial charge in [-0.2, -0.15) is 0 Å². The number of carbonyl (C=O) groups excluding carboxylic acids is 1. The summed E-state index contributed by atoms with van der Waals surface area (Å²) in [7, 11) is 2.16. The molecule has 3 heteroatoms. The van der Waals surface area contributed by atoms with Crippen LogP contribution in [0.3, 0.4) is 0 Å². The molecule has 1 aliphatic rings. The van der Waals surface area contributed by atoms with Crippen molar-refractivity contribution in [3.05, 3.63) is 34.9 Å². The zero-order valence-electron chi connectivity index (χ0n) is 13.6. The van der Waals surface area contributed by atoms with Gasteiger partial charge in [-0.15, -0.1) is 0 Å². The Kier molecular flexibility index (Phi) is 5.80. The van der Waals surface area contributed by atoms with Crippen LogP contribution in [0.2, 0.25) is 0 Å². The van der Waals surface area contributed by atoms with Gasteiger partial charge in [-0.05, 0) is 58.2 Å². The van der Waals surface area contributed by atoms with Gasteiger partial charge in [0.15, 0.2) is 0 Å². The van der Waals surface area contributed by atoms with Gasteiger partial charge < -0.3 is 10.2 Å². The number of likely N-dealkylation sites (tertiary alicyclic amines) is 1. The molecular formula is C18H28N2O. The van der Waals surface area contributed by atoms with Crippen LogP contribution < -0.4 is 5.32 Å². The third kappa shape index (κ3) is 5.50. The zero-order chi connectivity index (χ0) is 15.2. The standard InChI is InChI=1S/C18H28N2O/c1-14-9-15(2)11-16(10-14)6-7-18(21)19-12-17-5-4-8-20(3)13-17/h9-11,17H,4-8,12-13H2,1-3H3,(H,19,21)/t17-/m0/s1. The first kappa shape index (κ1) is 16.0. The number of amides is 1. The fraction of sp³-hybridized carbons (Fsp3) is 0.611. The van der Waals surface area contributed by atoms with Crippen molar-refractivity contribution < 1.29 is 4.79 Å². The fourth-order valence-corrected chi connectivity index (χ4v) is 3.26. The van der Waals surface area contributed by atoms with E-state index in [4.69, 9.17) is 0 Å². The molecule has 116 valence electrons. The molecule has 1 atom stereocenters. The van der Waals surface area contributed by atoms with Crippen LogP contribution in [-0.4, -0.2) is 37.5 Å². The van der Waals surface area contributed by atoms with Crippen molar-refractivity contribution in [2.24, 2.45) is 5.92 Å². The number of piperidine rings is 1. The van der Waals surface area contributed by atoms with Gasteiger partial charge in [0.05, 0.1) is 0 Å². The van der Waals surface area contributed by atoms with Crippen LogP contribution in [-0.2, 0) is 11.2 Å². The summed E-state index contributed by atoms with van der Waals surface area (Å²) >= 11 is 0. The van der Waals surface area contributed by atoms with Gasteiger partial charge in [-0.3, -0.25) is 4.79 Å². The van der Waals surface area contributed by atoms with Crippen LogP contribution in [0, 0.1) is 19.8 Å². The molecule has 1 aromatic rings. The molecule has 1 saturated heterocycles. The Hall–Kier alpha value is -1.35. The van der Waals surface area contributed by atoms with Gasteiger partial charge in [0.2, 0.25) is 5.91 Å². The minimum Gasteiger partial charge on any atom is -0.356 e.